The molecule has 0 aliphatic heterocycles. The SMILES string of the molecule is COCCOc1ccc(-c2cccc(C(C)(C)C(=O)O)c2)nc1. The van der Waals surface area contributed by atoms with Crippen LogP contribution in [0.15, 0.2) is 42.6 Å². The average molecular weight is 315 g/mol. The van der Waals surface area contributed by atoms with Crippen molar-refractivity contribution in [3.05, 3.63) is 48.2 Å². The number of nitrogens with zero attached hydrogens (tertiary/aromatic N) is 1. The van der Waals surface area contributed by atoms with Crippen molar-refractivity contribution in [3.8, 4) is 17.0 Å². The van der Waals surface area contributed by atoms with Crippen LogP contribution < -0.4 is 4.74 Å². The molecule has 1 heterocycles. The fraction of sp³-hybridized carbons (Fsp3) is 0.333. The van der Waals surface area contributed by atoms with Gasteiger partial charge in [-0.3, -0.25) is 9.78 Å². The van der Waals surface area contributed by atoms with Crippen molar-refractivity contribution in [1.82, 2.24) is 4.98 Å². The Kier molecular flexibility index (Phi) is 5.34. The number of pyridine rings is 1. The first-order chi connectivity index (χ1) is 10.9. The zero-order chi connectivity index (χ0) is 16.9. The normalized spacial score (nSPS) is 11.3. The molecule has 0 saturated carbocycles. The molecule has 0 saturated heterocycles. The van der Waals surface area contributed by atoms with Crippen molar-refractivity contribution in [2.75, 3.05) is 20.3 Å². The number of carboxylic acid groups (broad SMARTS) is 1. The van der Waals surface area contributed by atoms with Crippen LogP contribution in [0.4, 0.5) is 0 Å². The minimum atomic E-state index is -0.945. The highest BCUT2D eigenvalue weighted by Crippen LogP contribution is 2.28. The second kappa shape index (κ2) is 7.24. The van der Waals surface area contributed by atoms with E-state index >= 15 is 0 Å². The summed E-state index contributed by atoms with van der Waals surface area (Å²) in [5, 5.41) is 9.35. The van der Waals surface area contributed by atoms with E-state index in [1.165, 1.54) is 0 Å². The van der Waals surface area contributed by atoms with Crippen molar-refractivity contribution >= 4 is 5.97 Å². The zero-order valence-electron chi connectivity index (χ0n) is 13.6. The molecular weight excluding hydrogens is 294 g/mol. The third-order valence-corrected chi connectivity index (χ3v) is 3.71. The van der Waals surface area contributed by atoms with Gasteiger partial charge in [-0.05, 0) is 37.6 Å². The van der Waals surface area contributed by atoms with E-state index in [-0.39, 0.29) is 0 Å². The van der Waals surface area contributed by atoms with E-state index in [4.69, 9.17) is 9.47 Å². The lowest BCUT2D eigenvalue weighted by Gasteiger charge is -2.20. The van der Waals surface area contributed by atoms with Crippen LogP contribution >= 0.6 is 0 Å². The minimum absolute atomic E-state index is 0.472. The lowest BCUT2D eigenvalue weighted by molar-refractivity contribution is -0.142. The predicted molar refractivity (Wildman–Crippen MR) is 87.7 cm³/mol. The molecule has 2 aromatic rings. The molecule has 0 spiro atoms. The highest BCUT2D eigenvalue weighted by molar-refractivity contribution is 5.81. The molecule has 0 fully saturated rings. The van der Waals surface area contributed by atoms with E-state index < -0.39 is 11.4 Å². The molecule has 5 heteroatoms. The van der Waals surface area contributed by atoms with Crippen LogP contribution in [-0.2, 0) is 14.9 Å². The molecule has 0 amide bonds. The number of rotatable bonds is 7. The first kappa shape index (κ1) is 17.0. The van der Waals surface area contributed by atoms with Gasteiger partial charge in [0.05, 0.1) is 23.9 Å². The maximum Gasteiger partial charge on any atom is 0.313 e. The van der Waals surface area contributed by atoms with E-state index in [9.17, 15) is 9.90 Å². The molecule has 0 bridgehead atoms. The molecule has 23 heavy (non-hydrogen) atoms. The molecule has 122 valence electrons. The van der Waals surface area contributed by atoms with E-state index in [1.807, 2.05) is 36.4 Å². The predicted octanol–water partition coefficient (Wildman–Crippen LogP) is 3.14. The summed E-state index contributed by atoms with van der Waals surface area (Å²) in [4.78, 5) is 15.8. The van der Waals surface area contributed by atoms with Crippen LogP contribution in [0, 0.1) is 0 Å². The third-order valence-electron chi connectivity index (χ3n) is 3.71. The number of carboxylic acids is 1. The van der Waals surface area contributed by atoms with Gasteiger partial charge >= 0.3 is 5.97 Å². The standard InChI is InChI=1S/C18H21NO4/c1-18(2,17(20)21)14-6-4-5-13(11-14)16-8-7-15(12-19-16)23-10-9-22-3/h4-8,11-12H,9-10H2,1-3H3,(H,20,21). The Labute approximate surface area is 135 Å². The van der Waals surface area contributed by atoms with Crippen LogP contribution in [0.3, 0.4) is 0 Å². The third kappa shape index (κ3) is 4.07. The Bertz CT molecular complexity index is 665. The highest BCUT2D eigenvalue weighted by Gasteiger charge is 2.29. The number of benzene rings is 1. The monoisotopic (exact) mass is 315 g/mol. The number of aliphatic carboxylic acids is 1. The van der Waals surface area contributed by atoms with Gasteiger partial charge in [0.15, 0.2) is 0 Å². The first-order valence-electron chi connectivity index (χ1n) is 7.37. The van der Waals surface area contributed by atoms with Gasteiger partial charge < -0.3 is 14.6 Å². The fourth-order valence-electron chi connectivity index (χ4n) is 2.07. The van der Waals surface area contributed by atoms with Crippen molar-refractivity contribution in [2.45, 2.75) is 19.3 Å². The van der Waals surface area contributed by atoms with Crippen molar-refractivity contribution in [1.29, 1.82) is 0 Å². The van der Waals surface area contributed by atoms with Crippen LogP contribution in [0.25, 0.3) is 11.3 Å². The Morgan fingerprint density at radius 3 is 2.61 bits per heavy atom. The molecular formula is C18H21NO4. The summed E-state index contributed by atoms with van der Waals surface area (Å²) in [5.41, 5.74) is 1.44. The summed E-state index contributed by atoms with van der Waals surface area (Å²) >= 11 is 0. The van der Waals surface area contributed by atoms with Gasteiger partial charge in [0, 0.05) is 12.7 Å². The molecule has 0 radical (unpaired) electrons. The van der Waals surface area contributed by atoms with Crippen molar-refractivity contribution < 1.29 is 19.4 Å². The summed E-state index contributed by atoms with van der Waals surface area (Å²) < 4.78 is 10.4. The van der Waals surface area contributed by atoms with E-state index in [1.54, 1.807) is 27.2 Å². The van der Waals surface area contributed by atoms with Gasteiger partial charge in [-0.25, -0.2) is 0 Å². The zero-order valence-corrected chi connectivity index (χ0v) is 13.6. The summed E-state index contributed by atoms with van der Waals surface area (Å²) in [5.74, 6) is -0.183. The van der Waals surface area contributed by atoms with Gasteiger partial charge in [0.1, 0.15) is 12.4 Å². The van der Waals surface area contributed by atoms with Gasteiger partial charge in [-0.2, -0.15) is 0 Å². The first-order valence-corrected chi connectivity index (χ1v) is 7.37. The molecule has 0 atom stereocenters. The molecule has 1 aromatic carbocycles. The molecule has 0 aliphatic carbocycles. The second-order valence-electron chi connectivity index (χ2n) is 5.73. The second-order valence-corrected chi connectivity index (χ2v) is 5.73. The summed E-state index contributed by atoms with van der Waals surface area (Å²) in [6.07, 6.45) is 1.65. The van der Waals surface area contributed by atoms with E-state index in [0.29, 0.717) is 19.0 Å². The average Bonchev–Trinajstić information content (AvgIpc) is 2.56. The van der Waals surface area contributed by atoms with Gasteiger partial charge in [0.25, 0.3) is 0 Å². The summed E-state index contributed by atoms with van der Waals surface area (Å²) in [7, 11) is 1.62. The topological polar surface area (TPSA) is 68.7 Å². The van der Waals surface area contributed by atoms with E-state index in [2.05, 4.69) is 4.98 Å². The Hall–Kier alpha value is -2.40. The fourth-order valence-corrected chi connectivity index (χ4v) is 2.07. The maximum atomic E-state index is 11.4. The number of methoxy groups -OCH3 is 1. The number of aromatic nitrogens is 1. The van der Waals surface area contributed by atoms with Gasteiger partial charge in [-0.1, -0.05) is 18.2 Å². The summed E-state index contributed by atoms with van der Waals surface area (Å²) in [6, 6.07) is 11.1. The van der Waals surface area contributed by atoms with Crippen LogP contribution in [0.1, 0.15) is 19.4 Å². The molecule has 0 unspecified atom stereocenters. The number of hydrogen-bond donors (Lipinski definition) is 1. The van der Waals surface area contributed by atoms with Crippen LogP contribution in [0.2, 0.25) is 0 Å². The van der Waals surface area contributed by atoms with Gasteiger partial charge in [0.2, 0.25) is 0 Å². The minimum Gasteiger partial charge on any atom is -0.490 e. The largest absolute Gasteiger partial charge is 0.490 e. The van der Waals surface area contributed by atoms with Crippen molar-refractivity contribution in [3.63, 3.8) is 0 Å². The smallest absolute Gasteiger partial charge is 0.313 e. The van der Waals surface area contributed by atoms with Crippen LogP contribution in [0.5, 0.6) is 5.75 Å². The maximum absolute atomic E-state index is 11.4. The highest BCUT2D eigenvalue weighted by atomic mass is 16.5. The molecule has 5 nitrogen and oxygen atoms in total. The lowest BCUT2D eigenvalue weighted by Crippen LogP contribution is -2.28. The Balaban J connectivity index is 2.21. The molecule has 2 rings (SSSR count). The molecule has 1 N–H and O–H groups in total. The summed E-state index contributed by atoms with van der Waals surface area (Å²) in [6.45, 7) is 4.37. The van der Waals surface area contributed by atoms with E-state index in [0.717, 1.165) is 16.8 Å². The Morgan fingerprint density at radius 1 is 1.22 bits per heavy atom. The molecule has 0 aliphatic rings. The molecule has 1 aromatic heterocycles. The number of carbonyl (C=O) groups is 1. The van der Waals surface area contributed by atoms with Gasteiger partial charge in [-0.15, -0.1) is 0 Å². The number of ether oxygens (including phenoxy) is 2. The Morgan fingerprint density at radius 2 is 2.00 bits per heavy atom. The lowest BCUT2D eigenvalue weighted by atomic mass is 9.84. The number of hydrogen-bond acceptors (Lipinski definition) is 4. The quantitative estimate of drug-likeness (QED) is 0.795. The van der Waals surface area contributed by atoms with Crippen LogP contribution in [-0.4, -0.2) is 36.4 Å². The van der Waals surface area contributed by atoms with Crippen molar-refractivity contribution in [2.24, 2.45) is 0 Å².